The van der Waals surface area contributed by atoms with Crippen LogP contribution in [0.3, 0.4) is 0 Å². The van der Waals surface area contributed by atoms with Gasteiger partial charge in [0.1, 0.15) is 6.61 Å². The van der Waals surface area contributed by atoms with E-state index in [9.17, 15) is 4.79 Å². The highest BCUT2D eigenvalue weighted by Crippen LogP contribution is 2.13. The third kappa shape index (κ3) is 19.5. The number of ether oxygens (including phenoxy) is 1. The van der Waals surface area contributed by atoms with E-state index in [0.29, 0.717) is 13.0 Å². The van der Waals surface area contributed by atoms with Gasteiger partial charge in [-0.1, -0.05) is 96.8 Å². The van der Waals surface area contributed by atoms with Crippen LogP contribution in [0.1, 0.15) is 110 Å². The SMILES string of the molecule is CCCCCCCCCCCCCCCCCC(=O)OCCNC. The van der Waals surface area contributed by atoms with E-state index in [1.54, 1.807) is 0 Å². The van der Waals surface area contributed by atoms with Gasteiger partial charge in [-0.25, -0.2) is 0 Å². The molecule has 0 aromatic heterocycles. The number of hydrogen-bond acceptors (Lipinski definition) is 3. The molecule has 1 N–H and O–H groups in total. The minimum absolute atomic E-state index is 0.0417. The molecule has 0 aromatic rings. The molecule has 0 fully saturated rings. The van der Waals surface area contributed by atoms with Gasteiger partial charge in [0.25, 0.3) is 0 Å². The number of hydrogen-bond donors (Lipinski definition) is 1. The second-order valence-electron chi connectivity index (χ2n) is 7.02. The summed E-state index contributed by atoms with van der Waals surface area (Å²) >= 11 is 0. The Kier molecular flexibility index (Phi) is 20.0. The van der Waals surface area contributed by atoms with Gasteiger partial charge >= 0.3 is 5.97 Å². The standard InChI is InChI=1S/C21H43NO2/c1-3-4-5-6-7-8-9-10-11-12-13-14-15-16-17-18-21(23)24-20-19-22-2/h22H,3-20H2,1-2H3. The van der Waals surface area contributed by atoms with E-state index < -0.39 is 0 Å². The number of nitrogens with one attached hydrogen (secondary N) is 1. The molecule has 0 atom stereocenters. The van der Waals surface area contributed by atoms with Crippen LogP contribution in [0.15, 0.2) is 0 Å². The van der Waals surface area contributed by atoms with Crippen LogP contribution in [0.4, 0.5) is 0 Å². The van der Waals surface area contributed by atoms with Gasteiger partial charge in [-0.3, -0.25) is 4.79 Å². The summed E-state index contributed by atoms with van der Waals surface area (Å²) in [5.74, 6) is -0.0417. The van der Waals surface area contributed by atoms with E-state index in [4.69, 9.17) is 4.74 Å². The van der Waals surface area contributed by atoms with Crippen molar-refractivity contribution in [2.75, 3.05) is 20.2 Å². The molecule has 24 heavy (non-hydrogen) atoms. The first kappa shape index (κ1) is 23.4. The van der Waals surface area contributed by atoms with Crippen molar-refractivity contribution in [2.24, 2.45) is 0 Å². The maximum Gasteiger partial charge on any atom is 0.305 e. The van der Waals surface area contributed by atoms with Gasteiger partial charge in [0.2, 0.25) is 0 Å². The second-order valence-corrected chi connectivity index (χ2v) is 7.02. The van der Waals surface area contributed by atoms with Gasteiger partial charge < -0.3 is 10.1 Å². The minimum atomic E-state index is -0.0417. The fourth-order valence-electron chi connectivity index (χ4n) is 2.98. The number of unbranched alkanes of at least 4 members (excludes halogenated alkanes) is 14. The number of carbonyl (C=O) groups excluding carboxylic acids is 1. The van der Waals surface area contributed by atoms with Gasteiger partial charge in [-0.15, -0.1) is 0 Å². The summed E-state index contributed by atoms with van der Waals surface area (Å²) < 4.78 is 5.10. The van der Waals surface area contributed by atoms with Crippen LogP contribution in [0.2, 0.25) is 0 Å². The molecule has 0 spiro atoms. The van der Waals surface area contributed by atoms with Crippen LogP contribution >= 0.6 is 0 Å². The van der Waals surface area contributed by atoms with Crippen molar-refractivity contribution in [3.05, 3.63) is 0 Å². The predicted octanol–water partition coefficient (Wildman–Crippen LogP) is 6.01. The van der Waals surface area contributed by atoms with E-state index in [1.807, 2.05) is 7.05 Å². The van der Waals surface area contributed by atoms with Crippen molar-refractivity contribution in [1.29, 1.82) is 0 Å². The Morgan fingerprint density at radius 1 is 0.708 bits per heavy atom. The molecule has 0 unspecified atom stereocenters. The highest BCUT2D eigenvalue weighted by atomic mass is 16.5. The molecular formula is C21H43NO2. The van der Waals surface area contributed by atoms with Crippen molar-refractivity contribution < 1.29 is 9.53 Å². The molecule has 3 heteroatoms. The zero-order valence-electron chi connectivity index (χ0n) is 16.5. The van der Waals surface area contributed by atoms with Crippen LogP contribution in [-0.2, 0) is 9.53 Å². The van der Waals surface area contributed by atoms with Gasteiger partial charge in [0.15, 0.2) is 0 Å². The Bertz CT molecular complexity index is 256. The molecular weight excluding hydrogens is 298 g/mol. The lowest BCUT2D eigenvalue weighted by molar-refractivity contribution is -0.143. The van der Waals surface area contributed by atoms with E-state index in [0.717, 1.165) is 13.0 Å². The molecule has 0 aliphatic carbocycles. The van der Waals surface area contributed by atoms with Crippen molar-refractivity contribution >= 4 is 5.97 Å². The maximum atomic E-state index is 11.4. The minimum Gasteiger partial charge on any atom is -0.464 e. The van der Waals surface area contributed by atoms with Crippen molar-refractivity contribution in [3.63, 3.8) is 0 Å². The monoisotopic (exact) mass is 341 g/mol. The lowest BCUT2D eigenvalue weighted by atomic mass is 10.0. The molecule has 0 aromatic carbocycles. The Labute approximate surface area is 151 Å². The average Bonchev–Trinajstić information content (AvgIpc) is 2.58. The molecule has 0 rings (SSSR count). The third-order valence-corrected chi connectivity index (χ3v) is 4.60. The molecule has 0 saturated carbocycles. The van der Waals surface area contributed by atoms with Crippen molar-refractivity contribution in [3.8, 4) is 0 Å². The number of rotatable bonds is 19. The van der Waals surface area contributed by atoms with Crippen LogP contribution in [-0.4, -0.2) is 26.2 Å². The Morgan fingerprint density at radius 2 is 1.12 bits per heavy atom. The molecule has 0 aliphatic heterocycles. The van der Waals surface area contributed by atoms with Crippen LogP contribution in [0.25, 0.3) is 0 Å². The van der Waals surface area contributed by atoms with Crippen LogP contribution < -0.4 is 5.32 Å². The molecule has 0 amide bonds. The smallest absolute Gasteiger partial charge is 0.305 e. The van der Waals surface area contributed by atoms with E-state index in [-0.39, 0.29) is 5.97 Å². The lowest BCUT2D eigenvalue weighted by Crippen LogP contribution is -2.17. The number of likely N-dealkylation sites (N-methyl/N-ethyl adjacent to an activating group) is 1. The molecule has 0 radical (unpaired) electrons. The average molecular weight is 342 g/mol. The Balaban J connectivity index is 3.06. The predicted molar refractivity (Wildman–Crippen MR) is 104 cm³/mol. The van der Waals surface area contributed by atoms with Crippen molar-refractivity contribution in [1.82, 2.24) is 5.32 Å². The third-order valence-electron chi connectivity index (χ3n) is 4.60. The first-order valence-corrected chi connectivity index (χ1v) is 10.6. The summed E-state index contributed by atoms with van der Waals surface area (Å²) in [4.78, 5) is 11.4. The molecule has 0 bridgehead atoms. The fourth-order valence-corrected chi connectivity index (χ4v) is 2.98. The first-order valence-electron chi connectivity index (χ1n) is 10.6. The largest absolute Gasteiger partial charge is 0.464 e. The summed E-state index contributed by atoms with van der Waals surface area (Å²) in [6.45, 7) is 3.51. The molecule has 3 nitrogen and oxygen atoms in total. The van der Waals surface area contributed by atoms with E-state index in [2.05, 4.69) is 12.2 Å². The maximum absolute atomic E-state index is 11.4. The first-order chi connectivity index (χ1) is 11.8. The summed E-state index contributed by atoms with van der Waals surface area (Å²) in [5, 5.41) is 2.97. The number of carbonyl (C=O) groups is 1. The van der Waals surface area contributed by atoms with E-state index in [1.165, 1.54) is 89.9 Å². The molecule has 0 saturated heterocycles. The highest BCUT2D eigenvalue weighted by molar-refractivity contribution is 5.69. The summed E-state index contributed by atoms with van der Waals surface area (Å²) in [6.07, 6.45) is 20.9. The van der Waals surface area contributed by atoms with Gasteiger partial charge in [-0.05, 0) is 13.5 Å². The zero-order valence-corrected chi connectivity index (χ0v) is 16.5. The topological polar surface area (TPSA) is 38.3 Å². The van der Waals surface area contributed by atoms with Gasteiger partial charge in [0, 0.05) is 13.0 Å². The second kappa shape index (κ2) is 20.5. The molecule has 144 valence electrons. The fraction of sp³-hybridized carbons (Fsp3) is 0.952. The summed E-state index contributed by atoms with van der Waals surface area (Å²) in [6, 6.07) is 0. The molecule has 0 aliphatic rings. The quantitative estimate of drug-likeness (QED) is 0.231. The summed E-state index contributed by atoms with van der Waals surface area (Å²) in [5.41, 5.74) is 0. The molecule has 0 heterocycles. The van der Waals surface area contributed by atoms with Crippen LogP contribution in [0, 0.1) is 0 Å². The number of esters is 1. The van der Waals surface area contributed by atoms with Gasteiger partial charge in [-0.2, -0.15) is 0 Å². The van der Waals surface area contributed by atoms with Gasteiger partial charge in [0.05, 0.1) is 0 Å². The summed E-state index contributed by atoms with van der Waals surface area (Å²) in [7, 11) is 1.86. The normalized spacial score (nSPS) is 10.9. The lowest BCUT2D eigenvalue weighted by Gasteiger charge is -2.05. The zero-order chi connectivity index (χ0) is 17.7. The Hall–Kier alpha value is -0.570. The van der Waals surface area contributed by atoms with Crippen LogP contribution in [0.5, 0.6) is 0 Å². The Morgan fingerprint density at radius 3 is 1.54 bits per heavy atom. The van der Waals surface area contributed by atoms with E-state index >= 15 is 0 Å². The highest BCUT2D eigenvalue weighted by Gasteiger charge is 2.01. The van der Waals surface area contributed by atoms with Crippen molar-refractivity contribution in [2.45, 2.75) is 110 Å².